The Morgan fingerprint density at radius 1 is 1.27 bits per heavy atom. The summed E-state index contributed by atoms with van der Waals surface area (Å²) in [6, 6.07) is 5.11. The summed E-state index contributed by atoms with van der Waals surface area (Å²) in [5.41, 5.74) is 0. The first-order valence-corrected chi connectivity index (χ1v) is 9.16. The molecule has 0 aromatic carbocycles. The fourth-order valence-corrected chi connectivity index (χ4v) is 4.61. The number of thiophene rings is 1. The van der Waals surface area contributed by atoms with Gasteiger partial charge in [0.25, 0.3) is 0 Å². The van der Waals surface area contributed by atoms with Gasteiger partial charge in [0.1, 0.15) is 0 Å². The predicted octanol–water partition coefficient (Wildman–Crippen LogP) is 3.58. The molecule has 1 aromatic rings. The van der Waals surface area contributed by atoms with E-state index in [0.29, 0.717) is 18.5 Å². The lowest BCUT2D eigenvalue weighted by atomic mass is 9.88. The summed E-state index contributed by atoms with van der Waals surface area (Å²) in [5, 5.41) is 2.05. The van der Waals surface area contributed by atoms with Crippen LogP contribution in [0.1, 0.15) is 43.4 Å². The maximum atomic E-state index is 12.6. The van der Waals surface area contributed by atoms with Gasteiger partial charge in [-0.1, -0.05) is 18.9 Å². The van der Waals surface area contributed by atoms with Gasteiger partial charge in [-0.2, -0.15) is 0 Å². The lowest BCUT2D eigenvalue weighted by Crippen LogP contribution is -2.53. The summed E-state index contributed by atoms with van der Waals surface area (Å²) in [6.45, 7) is 2.46. The zero-order chi connectivity index (χ0) is 14.7. The maximum absolute atomic E-state index is 12.6. The number of carbonyl (C=O) groups is 1. The summed E-state index contributed by atoms with van der Waals surface area (Å²) < 4.78 is 0. The predicted molar refractivity (Wildman–Crippen MR) is 94.9 cm³/mol. The Morgan fingerprint density at radius 3 is 2.68 bits per heavy atom. The third-order valence-corrected chi connectivity index (χ3v) is 5.98. The van der Waals surface area contributed by atoms with Crippen molar-refractivity contribution < 1.29 is 4.79 Å². The fourth-order valence-electron chi connectivity index (χ4n) is 3.91. The molecule has 5 heteroatoms. The molecule has 1 unspecified atom stereocenters. The van der Waals surface area contributed by atoms with E-state index in [0.717, 1.165) is 0 Å². The monoisotopic (exact) mass is 342 g/mol. The van der Waals surface area contributed by atoms with Crippen LogP contribution >= 0.6 is 23.7 Å². The molecule has 0 N–H and O–H groups in total. The molecule has 3 nitrogen and oxygen atoms in total. The number of halogens is 1. The van der Waals surface area contributed by atoms with Gasteiger partial charge in [-0.3, -0.25) is 9.69 Å². The molecule has 2 fully saturated rings. The van der Waals surface area contributed by atoms with Crippen molar-refractivity contribution in [1.29, 1.82) is 0 Å². The van der Waals surface area contributed by atoms with Crippen LogP contribution in [0.4, 0.5) is 0 Å². The molecule has 2 atom stereocenters. The van der Waals surface area contributed by atoms with Crippen LogP contribution < -0.4 is 0 Å². The van der Waals surface area contributed by atoms with Crippen LogP contribution in [-0.4, -0.2) is 47.9 Å². The molecule has 1 aliphatic heterocycles. The first kappa shape index (κ1) is 17.8. The number of hydrogen-bond donors (Lipinski definition) is 0. The van der Waals surface area contributed by atoms with Gasteiger partial charge in [0.15, 0.2) is 0 Å². The molecule has 2 heterocycles. The largest absolute Gasteiger partial charge is 0.341 e. The normalized spacial score (nSPS) is 25.7. The first-order valence-electron chi connectivity index (χ1n) is 8.28. The van der Waals surface area contributed by atoms with Gasteiger partial charge in [-0.25, -0.2) is 0 Å². The summed E-state index contributed by atoms with van der Waals surface area (Å²) in [4.78, 5) is 18.5. The van der Waals surface area contributed by atoms with Crippen molar-refractivity contribution in [3.63, 3.8) is 0 Å². The van der Waals surface area contributed by atoms with E-state index in [9.17, 15) is 4.79 Å². The number of rotatable bonds is 4. The minimum atomic E-state index is 0. The van der Waals surface area contributed by atoms with Crippen LogP contribution in [-0.2, 0) is 11.2 Å². The number of nitrogens with zero attached hydrogens (tertiary/aromatic N) is 2. The van der Waals surface area contributed by atoms with E-state index in [-0.39, 0.29) is 18.3 Å². The van der Waals surface area contributed by atoms with Gasteiger partial charge in [-0.05, 0) is 50.2 Å². The fraction of sp³-hybridized carbons (Fsp3) is 0.706. The maximum Gasteiger partial charge on any atom is 0.227 e. The zero-order valence-corrected chi connectivity index (χ0v) is 15.0. The molecule has 1 amide bonds. The average Bonchev–Trinajstić information content (AvgIpc) is 3.19. The van der Waals surface area contributed by atoms with Gasteiger partial charge in [0, 0.05) is 24.0 Å². The molecule has 1 aliphatic carbocycles. The van der Waals surface area contributed by atoms with Crippen LogP contribution in [0.2, 0.25) is 0 Å². The van der Waals surface area contributed by atoms with E-state index in [4.69, 9.17) is 0 Å². The Kier molecular flexibility index (Phi) is 6.72. The SMILES string of the molecule is CN(C(=O)Cc1cccs1)[C@@H]1CCCCC1N1CCCC1.Cl. The lowest BCUT2D eigenvalue weighted by Gasteiger charge is -2.42. The number of carbonyl (C=O) groups excluding carboxylic acids is 1. The highest BCUT2D eigenvalue weighted by atomic mass is 35.5. The van der Waals surface area contributed by atoms with Crippen molar-refractivity contribution in [1.82, 2.24) is 9.80 Å². The Balaban J connectivity index is 0.00000176. The van der Waals surface area contributed by atoms with E-state index in [1.54, 1.807) is 11.3 Å². The van der Waals surface area contributed by atoms with Crippen LogP contribution in [0.5, 0.6) is 0 Å². The third kappa shape index (κ3) is 4.03. The molecule has 124 valence electrons. The molecule has 1 saturated carbocycles. The van der Waals surface area contributed by atoms with E-state index in [1.165, 1.54) is 56.5 Å². The Labute approximate surface area is 144 Å². The van der Waals surface area contributed by atoms with E-state index < -0.39 is 0 Å². The highest BCUT2D eigenvalue weighted by Crippen LogP contribution is 2.29. The molecule has 22 heavy (non-hydrogen) atoms. The first-order chi connectivity index (χ1) is 10.3. The quantitative estimate of drug-likeness (QED) is 0.835. The molecule has 1 saturated heterocycles. The van der Waals surface area contributed by atoms with E-state index in [1.807, 2.05) is 13.1 Å². The molecular weight excluding hydrogens is 316 g/mol. The highest BCUT2D eigenvalue weighted by molar-refractivity contribution is 7.10. The molecule has 0 radical (unpaired) electrons. The second kappa shape index (κ2) is 8.32. The average molecular weight is 343 g/mol. The smallest absolute Gasteiger partial charge is 0.227 e. The number of amides is 1. The van der Waals surface area contributed by atoms with Crippen LogP contribution in [0, 0.1) is 0 Å². The van der Waals surface area contributed by atoms with Gasteiger partial charge in [0.05, 0.1) is 6.42 Å². The van der Waals surface area contributed by atoms with Gasteiger partial charge < -0.3 is 4.90 Å². The van der Waals surface area contributed by atoms with E-state index >= 15 is 0 Å². The summed E-state index contributed by atoms with van der Waals surface area (Å²) in [6.07, 6.45) is 8.26. The molecular formula is C17H27ClN2OS. The molecule has 2 aliphatic rings. The molecule has 0 bridgehead atoms. The number of likely N-dealkylation sites (N-methyl/N-ethyl adjacent to an activating group) is 1. The van der Waals surface area contributed by atoms with Gasteiger partial charge >= 0.3 is 0 Å². The number of likely N-dealkylation sites (tertiary alicyclic amines) is 1. The minimum Gasteiger partial charge on any atom is -0.341 e. The van der Waals surface area contributed by atoms with Crippen molar-refractivity contribution >= 4 is 29.7 Å². The van der Waals surface area contributed by atoms with E-state index in [2.05, 4.69) is 21.2 Å². The molecule has 0 spiro atoms. The van der Waals surface area contributed by atoms with Crippen LogP contribution in [0.3, 0.4) is 0 Å². The van der Waals surface area contributed by atoms with Crippen LogP contribution in [0.25, 0.3) is 0 Å². The van der Waals surface area contributed by atoms with Gasteiger partial charge in [-0.15, -0.1) is 23.7 Å². The lowest BCUT2D eigenvalue weighted by molar-refractivity contribution is -0.133. The Morgan fingerprint density at radius 2 is 2.00 bits per heavy atom. The Bertz CT molecular complexity index is 459. The summed E-state index contributed by atoms with van der Waals surface area (Å²) in [7, 11) is 2.02. The molecule has 1 aromatic heterocycles. The summed E-state index contributed by atoms with van der Waals surface area (Å²) >= 11 is 1.68. The van der Waals surface area contributed by atoms with Crippen molar-refractivity contribution in [2.45, 2.75) is 57.0 Å². The van der Waals surface area contributed by atoms with Gasteiger partial charge in [0.2, 0.25) is 5.91 Å². The van der Waals surface area contributed by atoms with Crippen molar-refractivity contribution in [2.75, 3.05) is 20.1 Å². The van der Waals surface area contributed by atoms with Crippen molar-refractivity contribution in [3.05, 3.63) is 22.4 Å². The standard InChI is InChI=1S/C17H26N2OS.ClH/c1-18(17(20)13-14-7-6-12-21-14)15-8-2-3-9-16(15)19-10-4-5-11-19;/h6-7,12,15-16H,2-5,8-11,13H2,1H3;1H/t15-,16?;/m1./s1. The van der Waals surface area contributed by atoms with Crippen molar-refractivity contribution in [3.8, 4) is 0 Å². The summed E-state index contributed by atoms with van der Waals surface area (Å²) in [5.74, 6) is 0.286. The highest BCUT2D eigenvalue weighted by Gasteiger charge is 2.35. The second-order valence-electron chi connectivity index (χ2n) is 6.42. The topological polar surface area (TPSA) is 23.6 Å². The second-order valence-corrected chi connectivity index (χ2v) is 7.46. The molecule has 3 rings (SSSR count). The Hall–Kier alpha value is -0.580. The van der Waals surface area contributed by atoms with Crippen LogP contribution in [0.15, 0.2) is 17.5 Å². The zero-order valence-electron chi connectivity index (χ0n) is 13.4. The third-order valence-electron chi connectivity index (χ3n) is 5.10. The van der Waals surface area contributed by atoms with Crippen molar-refractivity contribution in [2.24, 2.45) is 0 Å². The number of hydrogen-bond acceptors (Lipinski definition) is 3. The minimum absolute atomic E-state index is 0.